The fourth-order valence-electron chi connectivity index (χ4n) is 1.89. The summed E-state index contributed by atoms with van der Waals surface area (Å²) in [4.78, 5) is 12.5. The van der Waals surface area contributed by atoms with Gasteiger partial charge >= 0.3 is 0 Å². The molecule has 0 aliphatic carbocycles. The number of nitrogens with one attached hydrogen (secondary N) is 2. The first-order chi connectivity index (χ1) is 9.27. The van der Waals surface area contributed by atoms with E-state index in [1.807, 2.05) is 38.1 Å². The topological polar surface area (TPSA) is 58.2 Å². The van der Waals surface area contributed by atoms with E-state index in [0.29, 0.717) is 6.54 Å². The molecule has 0 radical (unpaired) electrons. The van der Waals surface area contributed by atoms with Crippen LogP contribution < -0.4 is 10.6 Å². The lowest BCUT2D eigenvalue weighted by Gasteiger charge is -2.25. The number of benzene rings is 1. The van der Waals surface area contributed by atoms with E-state index < -0.39 is 16.2 Å². The predicted octanol–water partition coefficient (Wildman–Crippen LogP) is 1.85. The highest BCUT2D eigenvalue weighted by atomic mass is 32.2. The molecule has 1 aromatic rings. The minimum atomic E-state index is -0.949. The standard InChI is InChI=1S/C15H24N2O2S/c1-11(17-10-15(2,3)14(18)16-4)12-6-8-13(9-7-12)20(5)19/h6-9,11,17H,10H2,1-5H3,(H,16,18)/t11-,20+/m1/s1. The van der Waals surface area contributed by atoms with Gasteiger partial charge in [0.05, 0.1) is 5.41 Å². The maximum atomic E-state index is 11.7. The molecule has 2 N–H and O–H groups in total. The van der Waals surface area contributed by atoms with Crippen LogP contribution >= 0.6 is 0 Å². The van der Waals surface area contributed by atoms with Crippen molar-refractivity contribution in [2.75, 3.05) is 19.8 Å². The third kappa shape index (κ3) is 4.42. The van der Waals surface area contributed by atoms with Crippen molar-refractivity contribution in [2.45, 2.75) is 31.7 Å². The normalized spacial score (nSPS) is 14.7. The number of hydrogen-bond donors (Lipinski definition) is 2. The summed E-state index contributed by atoms with van der Waals surface area (Å²) in [6.45, 7) is 6.47. The van der Waals surface area contributed by atoms with Crippen molar-refractivity contribution in [2.24, 2.45) is 5.41 Å². The molecule has 5 heteroatoms. The van der Waals surface area contributed by atoms with Crippen LogP contribution in [0, 0.1) is 5.41 Å². The summed E-state index contributed by atoms with van der Waals surface area (Å²) in [5, 5.41) is 6.04. The molecule has 0 heterocycles. The number of carbonyl (C=O) groups excluding carboxylic acids is 1. The Balaban J connectivity index is 2.65. The zero-order valence-electron chi connectivity index (χ0n) is 12.8. The first-order valence-electron chi connectivity index (χ1n) is 6.67. The average molecular weight is 296 g/mol. The first kappa shape index (κ1) is 16.9. The van der Waals surface area contributed by atoms with Gasteiger partial charge in [-0.2, -0.15) is 0 Å². The van der Waals surface area contributed by atoms with Crippen LogP contribution in [0.5, 0.6) is 0 Å². The second-order valence-electron chi connectivity index (χ2n) is 5.59. The van der Waals surface area contributed by atoms with Gasteiger partial charge in [-0.25, -0.2) is 0 Å². The highest BCUT2D eigenvalue weighted by Crippen LogP contribution is 2.18. The smallest absolute Gasteiger partial charge is 0.226 e. The van der Waals surface area contributed by atoms with Gasteiger partial charge in [0.15, 0.2) is 0 Å². The van der Waals surface area contributed by atoms with Crippen molar-refractivity contribution in [3.05, 3.63) is 29.8 Å². The molecule has 0 aliphatic heterocycles. The highest BCUT2D eigenvalue weighted by Gasteiger charge is 2.26. The maximum absolute atomic E-state index is 11.7. The fourth-order valence-corrected chi connectivity index (χ4v) is 2.41. The van der Waals surface area contributed by atoms with Crippen molar-refractivity contribution in [3.63, 3.8) is 0 Å². The minimum absolute atomic E-state index is 0.0222. The van der Waals surface area contributed by atoms with E-state index in [-0.39, 0.29) is 11.9 Å². The summed E-state index contributed by atoms with van der Waals surface area (Å²) < 4.78 is 11.3. The predicted molar refractivity (Wildman–Crippen MR) is 83.0 cm³/mol. The molecule has 1 rings (SSSR count). The maximum Gasteiger partial charge on any atom is 0.226 e. The zero-order chi connectivity index (χ0) is 15.3. The minimum Gasteiger partial charge on any atom is -0.359 e. The van der Waals surface area contributed by atoms with Crippen molar-refractivity contribution < 1.29 is 9.00 Å². The Morgan fingerprint density at radius 1 is 1.30 bits per heavy atom. The Bertz CT molecular complexity index is 483. The molecule has 2 atom stereocenters. The Kier molecular flexibility index (Phi) is 5.89. The average Bonchev–Trinajstić information content (AvgIpc) is 2.43. The molecular weight excluding hydrogens is 272 g/mol. The van der Waals surface area contributed by atoms with Gasteiger partial charge in [0.25, 0.3) is 0 Å². The van der Waals surface area contributed by atoms with Crippen LogP contribution in [0.25, 0.3) is 0 Å². The highest BCUT2D eigenvalue weighted by molar-refractivity contribution is 7.84. The lowest BCUT2D eigenvalue weighted by Crippen LogP contribution is -2.42. The molecule has 1 amide bonds. The summed E-state index contributed by atoms with van der Waals surface area (Å²) in [5.41, 5.74) is 0.667. The van der Waals surface area contributed by atoms with Crippen LogP contribution in [0.15, 0.2) is 29.2 Å². The van der Waals surface area contributed by atoms with Crippen molar-refractivity contribution in [3.8, 4) is 0 Å². The Morgan fingerprint density at radius 2 is 1.85 bits per heavy atom. The van der Waals surface area contributed by atoms with Gasteiger partial charge in [0.2, 0.25) is 5.91 Å². The number of hydrogen-bond acceptors (Lipinski definition) is 3. The molecule has 4 nitrogen and oxygen atoms in total. The molecule has 0 aromatic heterocycles. The SMILES string of the molecule is CNC(=O)C(C)(C)CN[C@H](C)c1ccc([S@](C)=O)cc1. The van der Waals surface area contributed by atoms with Gasteiger partial charge in [-0.05, 0) is 38.5 Å². The van der Waals surface area contributed by atoms with E-state index in [9.17, 15) is 9.00 Å². The molecule has 0 saturated heterocycles. The summed E-state index contributed by atoms with van der Waals surface area (Å²) in [6, 6.07) is 7.85. The lowest BCUT2D eigenvalue weighted by molar-refractivity contribution is -0.128. The van der Waals surface area contributed by atoms with E-state index in [1.165, 1.54) is 0 Å². The molecule has 20 heavy (non-hydrogen) atoms. The van der Waals surface area contributed by atoms with Crippen LogP contribution in [-0.2, 0) is 15.6 Å². The van der Waals surface area contributed by atoms with Gasteiger partial charge in [0.1, 0.15) is 0 Å². The zero-order valence-corrected chi connectivity index (χ0v) is 13.6. The van der Waals surface area contributed by atoms with E-state index >= 15 is 0 Å². The van der Waals surface area contributed by atoms with E-state index in [4.69, 9.17) is 0 Å². The number of amides is 1. The van der Waals surface area contributed by atoms with Crippen molar-refractivity contribution in [1.82, 2.24) is 10.6 Å². The summed E-state index contributed by atoms with van der Waals surface area (Å²) in [7, 11) is 0.701. The molecule has 0 unspecified atom stereocenters. The van der Waals surface area contributed by atoms with Gasteiger partial charge < -0.3 is 10.6 Å². The molecule has 0 saturated carbocycles. The quantitative estimate of drug-likeness (QED) is 0.842. The summed E-state index contributed by atoms with van der Waals surface area (Å²) in [6.07, 6.45) is 1.67. The molecule has 0 aliphatic rings. The van der Waals surface area contributed by atoms with Gasteiger partial charge in [0, 0.05) is 41.6 Å². The molecule has 0 spiro atoms. The first-order valence-corrected chi connectivity index (χ1v) is 8.22. The molecule has 0 fully saturated rings. The fraction of sp³-hybridized carbons (Fsp3) is 0.533. The largest absolute Gasteiger partial charge is 0.359 e. The van der Waals surface area contributed by atoms with Crippen LogP contribution in [0.4, 0.5) is 0 Å². The molecule has 0 bridgehead atoms. The Hall–Kier alpha value is -1.20. The second-order valence-corrected chi connectivity index (χ2v) is 6.97. The van der Waals surface area contributed by atoms with Gasteiger partial charge in [-0.15, -0.1) is 0 Å². The van der Waals surface area contributed by atoms with Gasteiger partial charge in [-0.1, -0.05) is 12.1 Å². The van der Waals surface area contributed by atoms with E-state index in [0.717, 1.165) is 10.5 Å². The van der Waals surface area contributed by atoms with Crippen molar-refractivity contribution in [1.29, 1.82) is 0 Å². The lowest BCUT2D eigenvalue weighted by atomic mass is 9.91. The van der Waals surface area contributed by atoms with Crippen molar-refractivity contribution >= 4 is 16.7 Å². The number of rotatable bonds is 6. The molecule has 1 aromatic carbocycles. The monoisotopic (exact) mass is 296 g/mol. The third-order valence-corrected chi connectivity index (χ3v) is 4.34. The van der Waals surface area contributed by atoms with Crippen LogP contribution in [0.3, 0.4) is 0 Å². The number of carbonyl (C=O) groups is 1. The molecule has 112 valence electrons. The van der Waals surface area contributed by atoms with E-state index in [2.05, 4.69) is 17.6 Å². The molecular formula is C15H24N2O2S. The summed E-state index contributed by atoms with van der Waals surface area (Å²) >= 11 is 0. The third-order valence-electron chi connectivity index (χ3n) is 3.40. The van der Waals surface area contributed by atoms with E-state index in [1.54, 1.807) is 13.3 Å². The second kappa shape index (κ2) is 6.99. The van der Waals surface area contributed by atoms with Crippen LogP contribution in [0.1, 0.15) is 32.4 Å². The Labute approximate surface area is 123 Å². The van der Waals surface area contributed by atoms with Gasteiger partial charge in [-0.3, -0.25) is 9.00 Å². The Morgan fingerprint density at radius 3 is 2.30 bits per heavy atom. The summed E-state index contributed by atoms with van der Waals surface area (Å²) in [5.74, 6) is 0.0222. The van der Waals surface area contributed by atoms with Crippen LogP contribution in [0.2, 0.25) is 0 Å². The van der Waals surface area contributed by atoms with Crippen LogP contribution in [-0.4, -0.2) is 30.0 Å².